The summed E-state index contributed by atoms with van der Waals surface area (Å²) in [6.45, 7) is 2.37. The molecule has 1 aromatic rings. The highest BCUT2D eigenvalue weighted by molar-refractivity contribution is 6.31. The van der Waals surface area contributed by atoms with Crippen LogP contribution in [0.5, 0.6) is 5.75 Å². The van der Waals surface area contributed by atoms with Gasteiger partial charge < -0.3 is 15.2 Å². The summed E-state index contributed by atoms with van der Waals surface area (Å²) in [5.74, 6) is 0.436. The molecular weight excluding hydrogens is 242 g/mol. The number of ether oxygens (including phenoxy) is 1. The van der Waals surface area contributed by atoms with Crippen molar-refractivity contribution in [2.45, 2.75) is 6.92 Å². The molecule has 0 amide bonds. The fraction of sp³-hybridized carbons (Fsp3) is 0.417. The topological polar surface area (TPSA) is 58.6 Å². The Morgan fingerprint density at radius 2 is 2.24 bits per heavy atom. The Balaban J connectivity index is 2.91. The lowest BCUT2D eigenvalue weighted by Gasteiger charge is -2.11. The summed E-state index contributed by atoms with van der Waals surface area (Å²) in [5.41, 5.74) is 1.29. The summed E-state index contributed by atoms with van der Waals surface area (Å²) >= 11 is 5.92. The van der Waals surface area contributed by atoms with Crippen LogP contribution in [0.4, 0.5) is 0 Å². The number of aliphatic hydroxyl groups is 1. The summed E-state index contributed by atoms with van der Waals surface area (Å²) in [7, 11) is 1.52. The minimum absolute atomic E-state index is 0.00100. The van der Waals surface area contributed by atoms with Crippen molar-refractivity contribution in [3.05, 3.63) is 28.3 Å². The third-order valence-electron chi connectivity index (χ3n) is 2.32. The van der Waals surface area contributed by atoms with E-state index in [0.29, 0.717) is 22.9 Å². The number of aryl methyl sites for hydroxylation is 1. The number of aliphatic hydroxyl groups excluding tert-OH is 1. The molecule has 0 heterocycles. The van der Waals surface area contributed by atoms with Gasteiger partial charge in [0.1, 0.15) is 5.75 Å². The molecule has 1 aromatic carbocycles. The van der Waals surface area contributed by atoms with E-state index in [1.54, 1.807) is 12.1 Å². The maximum atomic E-state index is 11.9. The normalized spacial score (nSPS) is 10.4. The van der Waals surface area contributed by atoms with Crippen molar-refractivity contribution >= 4 is 17.4 Å². The molecule has 0 saturated heterocycles. The fourth-order valence-corrected chi connectivity index (χ4v) is 1.86. The molecule has 94 valence electrons. The van der Waals surface area contributed by atoms with Crippen LogP contribution in [-0.4, -0.2) is 37.7 Å². The monoisotopic (exact) mass is 257 g/mol. The van der Waals surface area contributed by atoms with Gasteiger partial charge in [-0.2, -0.15) is 0 Å². The van der Waals surface area contributed by atoms with Crippen molar-refractivity contribution in [3.63, 3.8) is 0 Å². The van der Waals surface area contributed by atoms with Crippen LogP contribution in [0.15, 0.2) is 12.1 Å². The number of rotatable bonds is 6. The number of hydrogen-bond donors (Lipinski definition) is 2. The second-order valence-corrected chi connectivity index (χ2v) is 4.06. The highest BCUT2D eigenvalue weighted by atomic mass is 35.5. The number of methoxy groups -OCH3 is 1. The Bertz CT molecular complexity index is 407. The average molecular weight is 258 g/mol. The molecule has 0 aromatic heterocycles. The first-order chi connectivity index (χ1) is 8.10. The van der Waals surface area contributed by atoms with E-state index >= 15 is 0 Å². The number of hydrogen-bond acceptors (Lipinski definition) is 4. The largest absolute Gasteiger partial charge is 0.496 e. The zero-order valence-corrected chi connectivity index (χ0v) is 10.7. The SMILES string of the molecule is COc1c(C)cc(Cl)cc1C(=O)CNCCO. The molecule has 5 heteroatoms. The van der Waals surface area contributed by atoms with Crippen molar-refractivity contribution < 1.29 is 14.6 Å². The number of ketones is 1. The summed E-state index contributed by atoms with van der Waals surface area (Å²) in [6.07, 6.45) is 0. The fourth-order valence-electron chi connectivity index (χ4n) is 1.58. The third-order valence-corrected chi connectivity index (χ3v) is 2.54. The van der Waals surface area contributed by atoms with E-state index in [2.05, 4.69) is 5.32 Å². The molecule has 2 N–H and O–H groups in total. The first kappa shape index (κ1) is 14.0. The summed E-state index contributed by atoms with van der Waals surface area (Å²) < 4.78 is 5.20. The van der Waals surface area contributed by atoms with Crippen molar-refractivity contribution in [2.75, 3.05) is 26.8 Å². The van der Waals surface area contributed by atoms with Crippen molar-refractivity contribution in [1.82, 2.24) is 5.32 Å². The summed E-state index contributed by atoms with van der Waals surface area (Å²) in [4.78, 5) is 11.9. The Kier molecular flexibility index (Phi) is 5.41. The van der Waals surface area contributed by atoms with Crippen molar-refractivity contribution in [2.24, 2.45) is 0 Å². The highest BCUT2D eigenvalue weighted by Gasteiger charge is 2.15. The Labute approximate surface area is 106 Å². The summed E-state index contributed by atoms with van der Waals surface area (Å²) in [6, 6.07) is 3.34. The van der Waals surface area contributed by atoms with Gasteiger partial charge in [-0.05, 0) is 24.6 Å². The first-order valence-corrected chi connectivity index (χ1v) is 5.67. The number of carbonyl (C=O) groups is 1. The lowest BCUT2D eigenvalue weighted by atomic mass is 10.1. The number of benzene rings is 1. The second kappa shape index (κ2) is 6.59. The van der Waals surface area contributed by atoms with E-state index in [0.717, 1.165) is 5.56 Å². The van der Waals surface area contributed by atoms with Crippen LogP contribution in [0.3, 0.4) is 0 Å². The molecule has 4 nitrogen and oxygen atoms in total. The maximum Gasteiger partial charge on any atom is 0.180 e. The van der Waals surface area contributed by atoms with Gasteiger partial charge in [0, 0.05) is 11.6 Å². The molecule has 0 unspecified atom stereocenters. The van der Waals surface area contributed by atoms with Crippen LogP contribution in [0.2, 0.25) is 5.02 Å². The lowest BCUT2D eigenvalue weighted by Crippen LogP contribution is -2.26. The Morgan fingerprint density at radius 1 is 1.53 bits per heavy atom. The molecule has 0 aliphatic rings. The van der Waals surface area contributed by atoms with E-state index in [-0.39, 0.29) is 18.9 Å². The van der Waals surface area contributed by atoms with Gasteiger partial charge in [-0.15, -0.1) is 0 Å². The van der Waals surface area contributed by atoms with E-state index in [1.165, 1.54) is 7.11 Å². The molecule has 17 heavy (non-hydrogen) atoms. The molecule has 1 rings (SSSR count). The average Bonchev–Trinajstić information content (AvgIpc) is 2.28. The van der Waals surface area contributed by atoms with Gasteiger partial charge >= 0.3 is 0 Å². The zero-order chi connectivity index (χ0) is 12.8. The number of halogens is 1. The molecule has 0 aliphatic heterocycles. The smallest absolute Gasteiger partial charge is 0.180 e. The Morgan fingerprint density at radius 3 is 2.82 bits per heavy atom. The molecular formula is C12H16ClNO3. The second-order valence-electron chi connectivity index (χ2n) is 3.63. The minimum Gasteiger partial charge on any atom is -0.496 e. The van der Waals surface area contributed by atoms with Crippen LogP contribution in [-0.2, 0) is 0 Å². The van der Waals surface area contributed by atoms with Gasteiger partial charge in [-0.3, -0.25) is 4.79 Å². The zero-order valence-electron chi connectivity index (χ0n) is 9.92. The lowest BCUT2D eigenvalue weighted by molar-refractivity contribution is 0.0986. The standard InChI is InChI=1S/C12H16ClNO3/c1-8-5-9(13)6-10(12(8)17-2)11(16)7-14-3-4-15/h5-6,14-15H,3-4,7H2,1-2H3. The Hall–Kier alpha value is -1.10. The van der Waals surface area contributed by atoms with Gasteiger partial charge in [-0.1, -0.05) is 11.6 Å². The quantitative estimate of drug-likeness (QED) is 0.598. The van der Waals surface area contributed by atoms with Crippen LogP contribution >= 0.6 is 11.6 Å². The first-order valence-electron chi connectivity index (χ1n) is 5.29. The molecule has 0 radical (unpaired) electrons. The molecule has 0 spiro atoms. The highest BCUT2D eigenvalue weighted by Crippen LogP contribution is 2.27. The van der Waals surface area contributed by atoms with Crippen LogP contribution in [0.25, 0.3) is 0 Å². The number of Topliss-reactive ketones (excluding diaryl/α,β-unsaturated/α-hetero) is 1. The third kappa shape index (κ3) is 3.70. The van der Waals surface area contributed by atoms with Crippen molar-refractivity contribution in [1.29, 1.82) is 0 Å². The van der Waals surface area contributed by atoms with E-state index in [9.17, 15) is 4.79 Å². The van der Waals surface area contributed by atoms with Crippen LogP contribution in [0.1, 0.15) is 15.9 Å². The molecule has 0 fully saturated rings. The van der Waals surface area contributed by atoms with Gasteiger partial charge in [0.15, 0.2) is 5.78 Å². The molecule has 0 aliphatic carbocycles. The van der Waals surface area contributed by atoms with E-state index in [1.807, 2.05) is 6.92 Å². The number of carbonyl (C=O) groups excluding carboxylic acids is 1. The minimum atomic E-state index is -0.110. The van der Waals surface area contributed by atoms with E-state index < -0.39 is 0 Å². The van der Waals surface area contributed by atoms with Gasteiger partial charge in [0.25, 0.3) is 0 Å². The molecule has 0 saturated carbocycles. The van der Waals surface area contributed by atoms with Crippen LogP contribution < -0.4 is 10.1 Å². The predicted molar refractivity (Wildman–Crippen MR) is 67.0 cm³/mol. The molecule has 0 atom stereocenters. The van der Waals surface area contributed by atoms with Gasteiger partial charge in [-0.25, -0.2) is 0 Å². The van der Waals surface area contributed by atoms with E-state index in [4.69, 9.17) is 21.4 Å². The summed E-state index contributed by atoms with van der Waals surface area (Å²) in [5, 5.41) is 12.0. The van der Waals surface area contributed by atoms with Gasteiger partial charge in [0.05, 0.1) is 25.8 Å². The van der Waals surface area contributed by atoms with Crippen molar-refractivity contribution in [3.8, 4) is 5.75 Å². The van der Waals surface area contributed by atoms with Crippen LogP contribution in [0, 0.1) is 6.92 Å². The number of nitrogens with one attached hydrogen (secondary N) is 1. The molecule has 0 bridgehead atoms. The predicted octanol–water partition coefficient (Wildman–Crippen LogP) is 1.42. The van der Waals surface area contributed by atoms with Gasteiger partial charge in [0.2, 0.25) is 0 Å². The maximum absolute atomic E-state index is 11.9.